The Morgan fingerprint density at radius 2 is 2.04 bits per heavy atom. The summed E-state index contributed by atoms with van der Waals surface area (Å²) >= 11 is 9.32. The number of halogens is 1. The third-order valence-electron chi connectivity index (χ3n) is 3.59. The summed E-state index contributed by atoms with van der Waals surface area (Å²) in [6.07, 6.45) is 0. The van der Waals surface area contributed by atoms with Crippen molar-refractivity contribution in [3.05, 3.63) is 41.4 Å². The van der Waals surface area contributed by atoms with Gasteiger partial charge in [-0.1, -0.05) is 37.2 Å². The van der Waals surface area contributed by atoms with Crippen LogP contribution in [-0.4, -0.2) is 26.3 Å². The average Bonchev–Trinajstić information content (AvgIpc) is 3.01. The molecule has 0 unspecified atom stereocenters. The number of hydrogen-bond acceptors (Lipinski definition) is 6. The smallest absolute Gasteiger partial charge is 0.261 e. The Bertz CT molecular complexity index is 1060. The van der Waals surface area contributed by atoms with Gasteiger partial charge in [0.25, 0.3) is 10.0 Å². The molecule has 1 heterocycles. The van der Waals surface area contributed by atoms with E-state index in [1.54, 1.807) is 35.2 Å². The molecule has 0 aliphatic heterocycles. The van der Waals surface area contributed by atoms with Crippen molar-refractivity contribution in [3.63, 3.8) is 0 Å². The number of methoxy groups -OCH3 is 1. The van der Waals surface area contributed by atoms with Crippen LogP contribution in [0.1, 0.15) is 13.8 Å². The Hall–Kier alpha value is -1.48. The van der Waals surface area contributed by atoms with Gasteiger partial charge in [0.1, 0.15) is 5.75 Å². The van der Waals surface area contributed by atoms with Crippen molar-refractivity contribution >= 4 is 60.6 Å². The number of thiazole rings is 1. The molecule has 27 heavy (non-hydrogen) atoms. The molecule has 1 N–H and O–H groups in total. The van der Waals surface area contributed by atoms with E-state index in [2.05, 4.69) is 23.6 Å². The molecule has 3 aromatic rings. The van der Waals surface area contributed by atoms with Gasteiger partial charge in [-0.05, 0) is 42.3 Å². The number of thioether (sulfide) groups is 1. The lowest BCUT2D eigenvalue weighted by molar-refractivity contribution is 0.414. The van der Waals surface area contributed by atoms with Gasteiger partial charge in [0.15, 0.2) is 4.34 Å². The maximum atomic E-state index is 12.6. The van der Waals surface area contributed by atoms with Crippen LogP contribution in [0.4, 0.5) is 5.69 Å². The molecule has 0 spiro atoms. The molecule has 2 aromatic carbocycles. The van der Waals surface area contributed by atoms with Gasteiger partial charge in [-0.15, -0.1) is 11.3 Å². The lowest BCUT2D eigenvalue weighted by Crippen LogP contribution is -2.12. The highest BCUT2D eigenvalue weighted by Gasteiger charge is 2.17. The van der Waals surface area contributed by atoms with Crippen LogP contribution in [0.3, 0.4) is 0 Å². The molecular weight excluding hydrogens is 424 g/mol. The quantitative estimate of drug-likeness (QED) is 0.489. The Labute approximate surface area is 172 Å². The molecular formula is C18H19ClN2O3S3. The van der Waals surface area contributed by atoms with Crippen molar-refractivity contribution in [3.8, 4) is 5.75 Å². The Morgan fingerprint density at radius 1 is 1.26 bits per heavy atom. The molecule has 1 aromatic heterocycles. The van der Waals surface area contributed by atoms with Crippen LogP contribution in [0.15, 0.2) is 45.6 Å². The summed E-state index contributed by atoms with van der Waals surface area (Å²) in [4.78, 5) is 4.66. The van der Waals surface area contributed by atoms with E-state index in [1.165, 1.54) is 25.3 Å². The predicted octanol–water partition coefficient (Wildman–Crippen LogP) is 5.51. The van der Waals surface area contributed by atoms with E-state index in [0.717, 1.165) is 20.3 Å². The lowest BCUT2D eigenvalue weighted by atomic mass is 10.3. The number of fused-ring (bicyclic) bond motifs is 1. The zero-order valence-electron chi connectivity index (χ0n) is 15.0. The topological polar surface area (TPSA) is 68.3 Å². The molecule has 0 bridgehead atoms. The SMILES string of the molecule is COc1ccc(S(=O)(=O)Nc2ccc3nc(SCC(C)C)sc3c2)cc1Cl. The van der Waals surface area contributed by atoms with Gasteiger partial charge in [0, 0.05) is 5.75 Å². The highest BCUT2D eigenvalue weighted by Crippen LogP contribution is 2.33. The fourth-order valence-electron chi connectivity index (χ4n) is 2.29. The van der Waals surface area contributed by atoms with Crippen LogP contribution in [-0.2, 0) is 10.0 Å². The minimum absolute atomic E-state index is 0.0749. The standard InChI is InChI=1S/C18H19ClN2O3S3/c1-11(2)10-25-18-20-15-6-4-12(8-17(15)26-18)21-27(22,23)13-5-7-16(24-3)14(19)9-13/h4-9,11,21H,10H2,1-3H3. The van der Waals surface area contributed by atoms with Crippen LogP contribution in [0.5, 0.6) is 5.75 Å². The van der Waals surface area contributed by atoms with E-state index in [-0.39, 0.29) is 9.92 Å². The summed E-state index contributed by atoms with van der Waals surface area (Å²) in [6, 6.07) is 9.69. The molecule has 0 atom stereocenters. The molecule has 0 aliphatic rings. The average molecular weight is 443 g/mol. The molecule has 0 fully saturated rings. The fourth-order valence-corrected chi connectivity index (χ4v) is 5.78. The molecule has 0 radical (unpaired) electrons. The summed E-state index contributed by atoms with van der Waals surface area (Å²) in [5.41, 5.74) is 1.35. The zero-order valence-corrected chi connectivity index (χ0v) is 18.2. The molecule has 5 nitrogen and oxygen atoms in total. The van der Waals surface area contributed by atoms with Gasteiger partial charge in [0.05, 0.1) is 32.9 Å². The molecule has 0 saturated heterocycles. The molecule has 9 heteroatoms. The largest absolute Gasteiger partial charge is 0.495 e. The molecule has 0 saturated carbocycles. The number of rotatable bonds is 7. The van der Waals surface area contributed by atoms with E-state index in [1.807, 2.05) is 6.07 Å². The van der Waals surface area contributed by atoms with Crippen LogP contribution < -0.4 is 9.46 Å². The van der Waals surface area contributed by atoms with E-state index in [0.29, 0.717) is 17.4 Å². The van der Waals surface area contributed by atoms with Crippen molar-refractivity contribution in [2.45, 2.75) is 23.1 Å². The highest BCUT2D eigenvalue weighted by atomic mass is 35.5. The maximum Gasteiger partial charge on any atom is 0.261 e. The van der Waals surface area contributed by atoms with Crippen molar-refractivity contribution < 1.29 is 13.2 Å². The highest BCUT2D eigenvalue weighted by molar-refractivity contribution is 8.01. The minimum atomic E-state index is -3.76. The van der Waals surface area contributed by atoms with Gasteiger partial charge < -0.3 is 4.74 Å². The zero-order chi connectivity index (χ0) is 19.6. The Morgan fingerprint density at radius 3 is 2.70 bits per heavy atom. The third-order valence-corrected chi connectivity index (χ3v) is 7.86. The molecule has 0 aliphatic carbocycles. The number of anilines is 1. The number of benzene rings is 2. The first-order valence-corrected chi connectivity index (χ1v) is 11.8. The van der Waals surface area contributed by atoms with Crippen LogP contribution >= 0.6 is 34.7 Å². The van der Waals surface area contributed by atoms with Gasteiger partial charge in [-0.3, -0.25) is 4.72 Å². The van der Waals surface area contributed by atoms with E-state index >= 15 is 0 Å². The van der Waals surface area contributed by atoms with Crippen LogP contribution in [0, 0.1) is 5.92 Å². The van der Waals surface area contributed by atoms with Crippen LogP contribution in [0.25, 0.3) is 10.2 Å². The van der Waals surface area contributed by atoms with E-state index in [9.17, 15) is 8.42 Å². The van der Waals surface area contributed by atoms with Crippen molar-refractivity contribution in [2.24, 2.45) is 5.92 Å². The van der Waals surface area contributed by atoms with Crippen molar-refractivity contribution in [2.75, 3.05) is 17.6 Å². The second-order valence-corrected chi connectivity index (χ2v) is 10.7. The molecule has 144 valence electrons. The second-order valence-electron chi connectivity index (χ2n) is 6.27. The molecule has 3 rings (SSSR count). The van der Waals surface area contributed by atoms with Gasteiger partial charge >= 0.3 is 0 Å². The second kappa shape index (κ2) is 8.26. The summed E-state index contributed by atoms with van der Waals surface area (Å²) in [6.45, 7) is 4.33. The van der Waals surface area contributed by atoms with Crippen molar-refractivity contribution in [1.82, 2.24) is 4.98 Å². The van der Waals surface area contributed by atoms with Crippen LogP contribution in [0.2, 0.25) is 5.02 Å². The summed E-state index contributed by atoms with van der Waals surface area (Å²) in [5, 5.41) is 0.241. The normalized spacial score (nSPS) is 11.9. The summed E-state index contributed by atoms with van der Waals surface area (Å²) in [5.74, 6) is 2.01. The number of sulfonamides is 1. The third kappa shape index (κ3) is 4.87. The van der Waals surface area contributed by atoms with Gasteiger partial charge in [0.2, 0.25) is 0 Å². The number of nitrogens with zero attached hydrogens (tertiary/aromatic N) is 1. The predicted molar refractivity (Wildman–Crippen MR) is 114 cm³/mol. The summed E-state index contributed by atoms with van der Waals surface area (Å²) in [7, 11) is -2.28. The van der Waals surface area contributed by atoms with Gasteiger partial charge in [-0.2, -0.15) is 0 Å². The minimum Gasteiger partial charge on any atom is -0.495 e. The number of ether oxygens (including phenoxy) is 1. The maximum absolute atomic E-state index is 12.6. The monoisotopic (exact) mass is 442 g/mol. The first-order chi connectivity index (χ1) is 12.8. The van der Waals surface area contributed by atoms with Gasteiger partial charge in [-0.25, -0.2) is 13.4 Å². The molecule has 0 amide bonds. The first kappa shape index (κ1) is 20.3. The van der Waals surface area contributed by atoms with Crippen molar-refractivity contribution in [1.29, 1.82) is 0 Å². The fraction of sp³-hybridized carbons (Fsp3) is 0.278. The van der Waals surface area contributed by atoms with E-state index < -0.39 is 10.0 Å². The number of nitrogens with one attached hydrogen (secondary N) is 1. The number of aromatic nitrogens is 1. The number of hydrogen-bond donors (Lipinski definition) is 1. The lowest BCUT2D eigenvalue weighted by Gasteiger charge is -2.10. The van der Waals surface area contributed by atoms with E-state index in [4.69, 9.17) is 16.3 Å². The Kier molecular flexibility index (Phi) is 6.20. The Balaban J connectivity index is 1.83. The summed E-state index contributed by atoms with van der Waals surface area (Å²) < 4.78 is 34.9. The first-order valence-electron chi connectivity index (χ1n) is 8.18.